The largest absolute Gasteiger partial charge is 0.490 e. The fraction of sp³-hybridized carbons (Fsp3) is 0.364. The normalized spacial score (nSPS) is 13.5. The summed E-state index contributed by atoms with van der Waals surface area (Å²) in [5, 5.41) is 2.91. The lowest BCUT2D eigenvalue weighted by molar-refractivity contribution is -0.117. The molecule has 1 aliphatic rings. The second-order valence-corrected chi connectivity index (χ2v) is 6.63. The summed E-state index contributed by atoms with van der Waals surface area (Å²) in [4.78, 5) is 26.4. The molecule has 2 amide bonds. The average molecular weight is 382 g/mol. The summed E-state index contributed by atoms with van der Waals surface area (Å²) in [6, 6.07) is 10.7. The summed E-state index contributed by atoms with van der Waals surface area (Å²) in [6.07, 6.45) is 1.48. The van der Waals surface area contributed by atoms with E-state index in [-0.39, 0.29) is 11.8 Å². The second-order valence-electron chi connectivity index (χ2n) is 6.63. The van der Waals surface area contributed by atoms with Crippen molar-refractivity contribution >= 4 is 23.2 Å². The van der Waals surface area contributed by atoms with Crippen LogP contribution in [-0.4, -0.2) is 31.6 Å². The van der Waals surface area contributed by atoms with Crippen molar-refractivity contribution in [2.24, 2.45) is 0 Å². The molecule has 0 saturated carbocycles. The quantitative estimate of drug-likeness (QED) is 0.780. The van der Waals surface area contributed by atoms with Crippen LogP contribution < -0.4 is 19.7 Å². The minimum atomic E-state index is -0.228. The lowest BCUT2D eigenvalue weighted by atomic mass is 10.1. The van der Waals surface area contributed by atoms with Crippen LogP contribution in [0.1, 0.15) is 42.6 Å². The van der Waals surface area contributed by atoms with E-state index in [1.807, 2.05) is 43.9 Å². The van der Waals surface area contributed by atoms with Gasteiger partial charge in [-0.05, 0) is 69.2 Å². The topological polar surface area (TPSA) is 67.9 Å². The molecule has 2 aromatic rings. The maximum atomic E-state index is 12.7. The van der Waals surface area contributed by atoms with Crippen LogP contribution in [0.25, 0.3) is 0 Å². The average Bonchev–Trinajstić information content (AvgIpc) is 3.09. The molecule has 0 unspecified atom stereocenters. The molecule has 6 heteroatoms. The van der Waals surface area contributed by atoms with E-state index in [0.717, 1.165) is 24.2 Å². The highest BCUT2D eigenvalue weighted by atomic mass is 16.5. The summed E-state index contributed by atoms with van der Waals surface area (Å²) < 4.78 is 11.1. The maximum absolute atomic E-state index is 12.7. The second kappa shape index (κ2) is 8.78. The van der Waals surface area contributed by atoms with Gasteiger partial charge in [-0.2, -0.15) is 0 Å². The van der Waals surface area contributed by atoms with Crippen molar-refractivity contribution in [3.8, 4) is 11.5 Å². The first-order chi connectivity index (χ1) is 13.5. The van der Waals surface area contributed by atoms with Crippen LogP contribution in [0.15, 0.2) is 36.4 Å². The zero-order valence-electron chi connectivity index (χ0n) is 16.6. The first-order valence-electron chi connectivity index (χ1n) is 9.65. The summed E-state index contributed by atoms with van der Waals surface area (Å²) in [5.74, 6) is 1.10. The molecule has 0 bridgehead atoms. The lowest BCUT2D eigenvalue weighted by Crippen LogP contribution is -2.24. The van der Waals surface area contributed by atoms with Gasteiger partial charge in [0.15, 0.2) is 11.5 Å². The van der Waals surface area contributed by atoms with Gasteiger partial charge in [0.1, 0.15) is 0 Å². The third kappa shape index (κ3) is 4.27. The molecular weight excluding hydrogens is 356 g/mol. The highest BCUT2D eigenvalue weighted by Gasteiger charge is 2.23. The molecule has 0 aliphatic carbocycles. The molecule has 1 aliphatic heterocycles. The molecule has 0 atom stereocenters. The van der Waals surface area contributed by atoms with E-state index in [9.17, 15) is 9.59 Å². The van der Waals surface area contributed by atoms with E-state index in [0.29, 0.717) is 42.4 Å². The van der Waals surface area contributed by atoms with Crippen LogP contribution in [0.2, 0.25) is 0 Å². The number of aryl methyl sites for hydroxylation is 1. The molecule has 2 aromatic carbocycles. The fourth-order valence-electron chi connectivity index (χ4n) is 3.33. The number of nitrogens with one attached hydrogen (secondary N) is 1. The predicted octanol–water partition coefficient (Wildman–Crippen LogP) is 4.17. The van der Waals surface area contributed by atoms with E-state index in [2.05, 4.69) is 5.32 Å². The lowest BCUT2D eigenvalue weighted by Gasteiger charge is -2.19. The Balaban J connectivity index is 1.76. The van der Waals surface area contributed by atoms with Crippen LogP contribution in [0.5, 0.6) is 11.5 Å². The summed E-state index contributed by atoms with van der Waals surface area (Å²) in [6.45, 7) is 7.49. The van der Waals surface area contributed by atoms with E-state index in [1.54, 1.807) is 18.2 Å². The number of hydrogen-bond acceptors (Lipinski definition) is 4. The number of carbonyl (C=O) groups is 2. The van der Waals surface area contributed by atoms with Crippen LogP contribution in [-0.2, 0) is 4.79 Å². The van der Waals surface area contributed by atoms with Crippen molar-refractivity contribution in [1.82, 2.24) is 0 Å². The Labute approximate surface area is 165 Å². The highest BCUT2D eigenvalue weighted by molar-refractivity contribution is 6.05. The number of benzene rings is 2. The Morgan fingerprint density at radius 2 is 1.82 bits per heavy atom. The van der Waals surface area contributed by atoms with Crippen LogP contribution in [0, 0.1) is 6.92 Å². The highest BCUT2D eigenvalue weighted by Crippen LogP contribution is 2.30. The third-order valence-corrected chi connectivity index (χ3v) is 4.62. The van der Waals surface area contributed by atoms with Gasteiger partial charge in [0.25, 0.3) is 5.91 Å². The van der Waals surface area contributed by atoms with Gasteiger partial charge in [-0.1, -0.05) is 0 Å². The molecule has 0 radical (unpaired) electrons. The molecule has 0 aromatic heterocycles. The van der Waals surface area contributed by atoms with Crippen molar-refractivity contribution < 1.29 is 19.1 Å². The molecule has 1 heterocycles. The zero-order chi connectivity index (χ0) is 20.1. The number of ether oxygens (including phenoxy) is 2. The smallest absolute Gasteiger partial charge is 0.255 e. The minimum absolute atomic E-state index is 0.151. The van der Waals surface area contributed by atoms with Gasteiger partial charge in [0.05, 0.1) is 13.2 Å². The van der Waals surface area contributed by atoms with Crippen LogP contribution >= 0.6 is 0 Å². The molecule has 0 spiro atoms. The third-order valence-electron chi connectivity index (χ3n) is 4.62. The van der Waals surface area contributed by atoms with Gasteiger partial charge < -0.3 is 19.7 Å². The number of nitrogens with zero attached hydrogens (tertiary/aromatic N) is 1. The Bertz CT molecular complexity index is 879. The van der Waals surface area contributed by atoms with Crippen molar-refractivity contribution in [1.29, 1.82) is 0 Å². The van der Waals surface area contributed by atoms with Crippen LogP contribution in [0.3, 0.4) is 0 Å². The van der Waals surface area contributed by atoms with Gasteiger partial charge in [-0.25, -0.2) is 0 Å². The van der Waals surface area contributed by atoms with Gasteiger partial charge in [-0.3, -0.25) is 9.59 Å². The minimum Gasteiger partial charge on any atom is -0.490 e. The molecule has 1 saturated heterocycles. The first-order valence-corrected chi connectivity index (χ1v) is 9.65. The monoisotopic (exact) mass is 382 g/mol. The maximum Gasteiger partial charge on any atom is 0.255 e. The van der Waals surface area contributed by atoms with Crippen LogP contribution in [0.4, 0.5) is 11.4 Å². The Morgan fingerprint density at radius 3 is 2.46 bits per heavy atom. The molecule has 3 rings (SSSR count). The summed E-state index contributed by atoms with van der Waals surface area (Å²) >= 11 is 0. The van der Waals surface area contributed by atoms with E-state index in [4.69, 9.17) is 9.47 Å². The molecule has 1 fully saturated rings. The molecule has 1 N–H and O–H groups in total. The zero-order valence-corrected chi connectivity index (χ0v) is 16.6. The number of hydrogen-bond donors (Lipinski definition) is 1. The van der Waals surface area contributed by atoms with E-state index < -0.39 is 0 Å². The van der Waals surface area contributed by atoms with Gasteiger partial charge in [0, 0.05) is 29.9 Å². The number of carbonyl (C=O) groups excluding carboxylic acids is 2. The Morgan fingerprint density at radius 1 is 1.07 bits per heavy atom. The van der Waals surface area contributed by atoms with E-state index >= 15 is 0 Å². The number of rotatable bonds is 7. The Hall–Kier alpha value is -3.02. The standard InChI is InChI=1S/C22H26N2O4/c1-4-27-19-11-8-16(14-20(19)28-5-2)22(26)23-17-9-10-18(15(3)13-17)24-12-6-7-21(24)25/h8-11,13-14H,4-7,12H2,1-3H3,(H,23,26). The molecule has 148 valence electrons. The first kappa shape index (κ1) is 19.7. The number of anilines is 2. The van der Waals surface area contributed by atoms with Crippen molar-refractivity contribution in [2.75, 3.05) is 30.0 Å². The van der Waals surface area contributed by atoms with Gasteiger partial charge in [-0.15, -0.1) is 0 Å². The van der Waals surface area contributed by atoms with Crippen molar-refractivity contribution in [3.05, 3.63) is 47.5 Å². The molecule has 6 nitrogen and oxygen atoms in total. The molecular formula is C22H26N2O4. The summed E-state index contributed by atoms with van der Waals surface area (Å²) in [5.41, 5.74) is 3.03. The van der Waals surface area contributed by atoms with E-state index in [1.165, 1.54) is 0 Å². The SMILES string of the molecule is CCOc1ccc(C(=O)Nc2ccc(N3CCCC3=O)c(C)c2)cc1OCC. The molecule has 28 heavy (non-hydrogen) atoms. The van der Waals surface area contributed by atoms with Gasteiger partial charge in [0.2, 0.25) is 5.91 Å². The predicted molar refractivity (Wildman–Crippen MR) is 109 cm³/mol. The summed E-state index contributed by atoms with van der Waals surface area (Å²) in [7, 11) is 0. The van der Waals surface area contributed by atoms with Crippen molar-refractivity contribution in [3.63, 3.8) is 0 Å². The number of amides is 2. The fourth-order valence-corrected chi connectivity index (χ4v) is 3.33. The van der Waals surface area contributed by atoms with Crippen molar-refractivity contribution in [2.45, 2.75) is 33.6 Å². The van der Waals surface area contributed by atoms with Gasteiger partial charge >= 0.3 is 0 Å². The Kier molecular flexibility index (Phi) is 6.19.